The molecule has 1 aromatic rings. The van der Waals surface area contributed by atoms with Crippen molar-refractivity contribution in [1.29, 1.82) is 0 Å². The predicted molar refractivity (Wildman–Crippen MR) is 69.5 cm³/mol. The Hall–Kier alpha value is -1.34. The van der Waals surface area contributed by atoms with Crippen LogP contribution in [-0.2, 0) is 4.74 Å². The normalized spacial score (nSPS) is 12.9. The van der Waals surface area contributed by atoms with Crippen LogP contribution in [0.2, 0.25) is 0 Å². The summed E-state index contributed by atoms with van der Waals surface area (Å²) in [5.74, 6) is 0. The summed E-state index contributed by atoms with van der Waals surface area (Å²) in [5, 5.41) is 0. The molecule has 1 aromatic carbocycles. The van der Waals surface area contributed by atoms with Crippen LogP contribution in [0.3, 0.4) is 0 Å². The highest BCUT2D eigenvalue weighted by atomic mass is 16.5. The van der Waals surface area contributed by atoms with Gasteiger partial charge in [0.25, 0.3) is 0 Å². The molecule has 0 amide bonds. The van der Waals surface area contributed by atoms with Crippen LogP contribution >= 0.6 is 0 Å². The van der Waals surface area contributed by atoms with Crippen LogP contribution in [0.15, 0.2) is 48.6 Å². The Kier molecular flexibility index (Phi) is 5.00. The second kappa shape index (κ2) is 6.29. The first-order chi connectivity index (χ1) is 7.65. The number of allylic oxidation sites excluding steroid dienone is 1. The lowest BCUT2D eigenvalue weighted by Crippen LogP contribution is -2.05. The number of benzene rings is 1. The molecule has 1 unspecified atom stereocenters. The average Bonchev–Trinajstić information content (AvgIpc) is 2.26. The Labute approximate surface area is 98.5 Å². The molecule has 0 saturated heterocycles. The van der Waals surface area contributed by atoms with Crippen molar-refractivity contribution in [3.63, 3.8) is 0 Å². The molecule has 0 heterocycles. The second-order valence-electron chi connectivity index (χ2n) is 4.04. The van der Waals surface area contributed by atoms with Crippen LogP contribution in [0.25, 0.3) is 0 Å². The van der Waals surface area contributed by atoms with E-state index in [-0.39, 0.29) is 6.10 Å². The summed E-state index contributed by atoms with van der Waals surface area (Å²) in [6.07, 6.45) is 3.99. The standard InChI is InChI=1S/C15H20O/c1-5-6-11-16-15(12(2)3)14-9-7-13(4)8-10-14/h5-10,15H,2,11H2,1,3-4H3/b6-5+. The van der Waals surface area contributed by atoms with Gasteiger partial charge >= 0.3 is 0 Å². The van der Waals surface area contributed by atoms with Crippen LogP contribution in [0.5, 0.6) is 0 Å². The molecule has 0 bridgehead atoms. The minimum atomic E-state index is -0.00296. The van der Waals surface area contributed by atoms with Crippen LogP contribution in [0.1, 0.15) is 31.1 Å². The summed E-state index contributed by atoms with van der Waals surface area (Å²) in [6, 6.07) is 8.41. The van der Waals surface area contributed by atoms with E-state index in [4.69, 9.17) is 4.74 Å². The Morgan fingerprint density at radius 1 is 1.38 bits per heavy atom. The molecule has 0 aliphatic rings. The first-order valence-corrected chi connectivity index (χ1v) is 5.60. The van der Waals surface area contributed by atoms with E-state index in [0.29, 0.717) is 6.61 Å². The highest BCUT2D eigenvalue weighted by molar-refractivity contribution is 5.27. The molecule has 0 fully saturated rings. The van der Waals surface area contributed by atoms with Gasteiger partial charge in [0.1, 0.15) is 6.10 Å². The predicted octanol–water partition coefficient (Wildman–Crippen LogP) is 4.20. The Morgan fingerprint density at radius 3 is 2.50 bits per heavy atom. The SMILES string of the molecule is C=C(C)C(OC/C=C/C)c1ccc(C)cc1. The van der Waals surface area contributed by atoms with Gasteiger partial charge in [0, 0.05) is 0 Å². The highest BCUT2D eigenvalue weighted by Gasteiger charge is 2.11. The molecule has 16 heavy (non-hydrogen) atoms. The molecule has 0 aliphatic heterocycles. The molecular weight excluding hydrogens is 196 g/mol. The van der Waals surface area contributed by atoms with Crippen LogP contribution in [-0.4, -0.2) is 6.61 Å². The molecule has 0 N–H and O–H groups in total. The van der Waals surface area contributed by atoms with E-state index in [1.807, 2.05) is 26.0 Å². The molecular formula is C15H20O. The van der Waals surface area contributed by atoms with Crippen LogP contribution in [0.4, 0.5) is 0 Å². The quantitative estimate of drug-likeness (QED) is 0.670. The van der Waals surface area contributed by atoms with Gasteiger partial charge < -0.3 is 4.74 Å². The lowest BCUT2D eigenvalue weighted by Gasteiger charge is -2.17. The number of hydrogen-bond donors (Lipinski definition) is 0. The fourth-order valence-electron chi connectivity index (χ4n) is 1.51. The van der Waals surface area contributed by atoms with Gasteiger partial charge in [0.2, 0.25) is 0 Å². The molecule has 0 spiro atoms. The van der Waals surface area contributed by atoms with Crippen molar-refractivity contribution in [1.82, 2.24) is 0 Å². The maximum Gasteiger partial charge on any atom is 0.103 e. The second-order valence-corrected chi connectivity index (χ2v) is 4.04. The maximum absolute atomic E-state index is 5.78. The molecule has 0 saturated carbocycles. The smallest absolute Gasteiger partial charge is 0.103 e. The molecule has 1 atom stereocenters. The number of rotatable bonds is 5. The third-order valence-electron chi connectivity index (χ3n) is 2.42. The molecule has 0 radical (unpaired) electrons. The molecule has 1 nitrogen and oxygen atoms in total. The lowest BCUT2D eigenvalue weighted by atomic mass is 10.0. The summed E-state index contributed by atoms with van der Waals surface area (Å²) in [7, 11) is 0. The summed E-state index contributed by atoms with van der Waals surface area (Å²) in [4.78, 5) is 0. The monoisotopic (exact) mass is 216 g/mol. The van der Waals surface area contributed by atoms with Crippen molar-refractivity contribution in [2.45, 2.75) is 26.9 Å². The fraction of sp³-hybridized carbons (Fsp3) is 0.333. The average molecular weight is 216 g/mol. The van der Waals surface area contributed by atoms with E-state index in [1.165, 1.54) is 11.1 Å². The topological polar surface area (TPSA) is 9.23 Å². The Morgan fingerprint density at radius 2 is 2.00 bits per heavy atom. The first-order valence-electron chi connectivity index (χ1n) is 5.60. The Bertz CT molecular complexity index is 360. The van der Waals surface area contributed by atoms with Gasteiger partial charge in [-0.3, -0.25) is 0 Å². The van der Waals surface area contributed by atoms with Gasteiger partial charge in [-0.05, 0) is 31.9 Å². The summed E-state index contributed by atoms with van der Waals surface area (Å²) in [6.45, 7) is 10.7. The van der Waals surface area contributed by atoms with Gasteiger partial charge in [-0.25, -0.2) is 0 Å². The molecule has 0 aromatic heterocycles. The van der Waals surface area contributed by atoms with Crippen molar-refractivity contribution >= 4 is 0 Å². The minimum absolute atomic E-state index is 0.00296. The largest absolute Gasteiger partial charge is 0.365 e. The van der Waals surface area contributed by atoms with Gasteiger partial charge in [0.05, 0.1) is 6.61 Å². The molecule has 1 rings (SSSR count). The maximum atomic E-state index is 5.78. The third kappa shape index (κ3) is 3.67. The van der Waals surface area contributed by atoms with E-state index in [1.54, 1.807) is 0 Å². The van der Waals surface area contributed by atoms with Crippen molar-refractivity contribution in [3.8, 4) is 0 Å². The molecule has 86 valence electrons. The first kappa shape index (κ1) is 12.7. The van der Waals surface area contributed by atoms with E-state index >= 15 is 0 Å². The van der Waals surface area contributed by atoms with Gasteiger partial charge in [-0.1, -0.05) is 48.6 Å². The zero-order valence-electron chi connectivity index (χ0n) is 10.4. The van der Waals surface area contributed by atoms with Crippen LogP contribution < -0.4 is 0 Å². The Balaban J connectivity index is 2.77. The third-order valence-corrected chi connectivity index (χ3v) is 2.42. The number of aryl methyl sites for hydroxylation is 1. The minimum Gasteiger partial charge on any atom is -0.365 e. The summed E-state index contributed by atoms with van der Waals surface area (Å²) >= 11 is 0. The summed E-state index contributed by atoms with van der Waals surface area (Å²) < 4.78 is 5.78. The summed E-state index contributed by atoms with van der Waals surface area (Å²) in [5.41, 5.74) is 3.47. The van der Waals surface area contributed by atoms with Gasteiger partial charge in [-0.15, -0.1) is 0 Å². The lowest BCUT2D eigenvalue weighted by molar-refractivity contribution is 0.101. The zero-order valence-corrected chi connectivity index (χ0v) is 10.4. The fourth-order valence-corrected chi connectivity index (χ4v) is 1.51. The van der Waals surface area contributed by atoms with E-state index in [0.717, 1.165) is 5.57 Å². The number of hydrogen-bond acceptors (Lipinski definition) is 1. The molecule has 1 heteroatoms. The van der Waals surface area contributed by atoms with Crippen molar-refractivity contribution in [2.75, 3.05) is 6.61 Å². The van der Waals surface area contributed by atoms with E-state index < -0.39 is 0 Å². The van der Waals surface area contributed by atoms with Crippen LogP contribution in [0, 0.1) is 6.92 Å². The zero-order chi connectivity index (χ0) is 12.0. The van der Waals surface area contributed by atoms with Crippen molar-refractivity contribution in [2.24, 2.45) is 0 Å². The van der Waals surface area contributed by atoms with E-state index in [9.17, 15) is 0 Å². The van der Waals surface area contributed by atoms with Gasteiger partial charge in [-0.2, -0.15) is 0 Å². The van der Waals surface area contributed by atoms with E-state index in [2.05, 4.69) is 37.8 Å². The molecule has 0 aliphatic carbocycles. The van der Waals surface area contributed by atoms with Crippen molar-refractivity contribution < 1.29 is 4.74 Å². The van der Waals surface area contributed by atoms with Crippen molar-refractivity contribution in [3.05, 3.63) is 59.7 Å². The number of ether oxygens (including phenoxy) is 1. The van der Waals surface area contributed by atoms with Gasteiger partial charge in [0.15, 0.2) is 0 Å². The highest BCUT2D eigenvalue weighted by Crippen LogP contribution is 2.24.